The van der Waals surface area contributed by atoms with Crippen molar-refractivity contribution < 1.29 is 4.79 Å². The van der Waals surface area contributed by atoms with Gasteiger partial charge in [-0.05, 0) is 49.6 Å². The van der Waals surface area contributed by atoms with Crippen molar-refractivity contribution in [3.63, 3.8) is 0 Å². The molecular formula is C21H27ClN4O. The quantitative estimate of drug-likeness (QED) is 0.768. The molecule has 2 heterocycles. The number of hydrogen-bond acceptors (Lipinski definition) is 4. The Hall–Kier alpha value is -1.95. The highest BCUT2D eigenvalue weighted by Gasteiger charge is 2.36. The van der Waals surface area contributed by atoms with Crippen molar-refractivity contribution >= 4 is 17.5 Å². The van der Waals surface area contributed by atoms with E-state index in [0.29, 0.717) is 6.54 Å². The molecule has 2 aromatic rings. The van der Waals surface area contributed by atoms with E-state index in [9.17, 15) is 4.79 Å². The lowest BCUT2D eigenvalue weighted by molar-refractivity contribution is -0.126. The molecule has 27 heavy (non-hydrogen) atoms. The SMILES string of the molecule is CC(C)NC(=O)[C@@H]1C[C@@H](NCc2cccnc2)CN1Cc1cccc(Cl)c1. The summed E-state index contributed by atoms with van der Waals surface area (Å²) < 4.78 is 0. The number of halogens is 1. The van der Waals surface area contributed by atoms with E-state index >= 15 is 0 Å². The average Bonchev–Trinajstić information content (AvgIpc) is 3.03. The zero-order valence-electron chi connectivity index (χ0n) is 15.9. The van der Waals surface area contributed by atoms with Crippen LogP contribution in [0, 0.1) is 0 Å². The predicted octanol–water partition coefficient (Wildman–Crippen LogP) is 2.99. The van der Waals surface area contributed by atoms with Gasteiger partial charge >= 0.3 is 0 Å². The number of benzene rings is 1. The van der Waals surface area contributed by atoms with Crippen molar-refractivity contribution in [2.75, 3.05) is 6.54 Å². The van der Waals surface area contributed by atoms with Crippen LogP contribution in [-0.2, 0) is 17.9 Å². The Bertz CT molecular complexity index is 753. The van der Waals surface area contributed by atoms with E-state index in [1.807, 2.05) is 44.3 Å². The Morgan fingerprint density at radius 1 is 1.30 bits per heavy atom. The van der Waals surface area contributed by atoms with Gasteiger partial charge in [0.05, 0.1) is 6.04 Å². The third kappa shape index (κ3) is 5.76. The number of pyridine rings is 1. The maximum absolute atomic E-state index is 12.7. The van der Waals surface area contributed by atoms with Crippen molar-refractivity contribution in [1.29, 1.82) is 0 Å². The first kappa shape index (κ1) is 19.8. The maximum Gasteiger partial charge on any atom is 0.237 e. The molecule has 0 radical (unpaired) electrons. The van der Waals surface area contributed by atoms with Crippen molar-refractivity contribution in [3.05, 3.63) is 64.9 Å². The van der Waals surface area contributed by atoms with Crippen molar-refractivity contribution in [2.24, 2.45) is 0 Å². The molecule has 144 valence electrons. The predicted molar refractivity (Wildman–Crippen MR) is 108 cm³/mol. The number of nitrogens with one attached hydrogen (secondary N) is 2. The number of nitrogens with zero attached hydrogens (tertiary/aromatic N) is 2. The number of aromatic nitrogens is 1. The number of carbonyl (C=O) groups excluding carboxylic acids is 1. The minimum absolute atomic E-state index is 0.0951. The molecule has 3 rings (SSSR count). The molecule has 0 spiro atoms. The van der Waals surface area contributed by atoms with Crippen molar-refractivity contribution in [1.82, 2.24) is 20.5 Å². The molecule has 0 saturated carbocycles. The molecule has 0 unspecified atom stereocenters. The molecule has 0 bridgehead atoms. The maximum atomic E-state index is 12.7. The summed E-state index contributed by atoms with van der Waals surface area (Å²) in [4.78, 5) is 19.1. The van der Waals surface area contributed by atoms with E-state index in [2.05, 4.69) is 32.7 Å². The first-order chi connectivity index (χ1) is 13.0. The molecule has 1 aromatic heterocycles. The summed E-state index contributed by atoms with van der Waals surface area (Å²) in [5.41, 5.74) is 2.27. The molecule has 1 aromatic carbocycles. The molecule has 2 N–H and O–H groups in total. The van der Waals surface area contributed by atoms with E-state index < -0.39 is 0 Å². The van der Waals surface area contributed by atoms with Gasteiger partial charge in [-0.2, -0.15) is 0 Å². The van der Waals surface area contributed by atoms with Gasteiger partial charge in [-0.15, -0.1) is 0 Å². The summed E-state index contributed by atoms with van der Waals surface area (Å²) in [6.45, 7) is 6.27. The summed E-state index contributed by atoms with van der Waals surface area (Å²) in [5.74, 6) is 0.0951. The zero-order chi connectivity index (χ0) is 19.2. The second kappa shape index (κ2) is 9.31. The molecule has 5 nitrogen and oxygen atoms in total. The monoisotopic (exact) mass is 386 g/mol. The second-order valence-corrected chi connectivity index (χ2v) is 7.85. The minimum atomic E-state index is -0.141. The van der Waals surface area contributed by atoms with Gasteiger partial charge in [0.2, 0.25) is 5.91 Å². The van der Waals surface area contributed by atoms with Crippen LogP contribution in [0.3, 0.4) is 0 Å². The first-order valence-corrected chi connectivity index (χ1v) is 9.80. The summed E-state index contributed by atoms with van der Waals surface area (Å²) in [6.07, 6.45) is 4.44. The van der Waals surface area contributed by atoms with E-state index in [-0.39, 0.29) is 24.0 Å². The topological polar surface area (TPSA) is 57.3 Å². The van der Waals surface area contributed by atoms with Gasteiger partial charge in [-0.25, -0.2) is 0 Å². The number of amides is 1. The smallest absolute Gasteiger partial charge is 0.237 e. The highest BCUT2D eigenvalue weighted by Crippen LogP contribution is 2.23. The molecule has 1 aliphatic heterocycles. The Labute approximate surface area is 166 Å². The fourth-order valence-electron chi connectivity index (χ4n) is 3.51. The van der Waals surface area contributed by atoms with Crippen LogP contribution >= 0.6 is 11.6 Å². The van der Waals surface area contributed by atoms with Crippen LogP contribution in [-0.4, -0.2) is 40.5 Å². The molecule has 1 aliphatic rings. The highest BCUT2D eigenvalue weighted by molar-refractivity contribution is 6.30. The molecule has 1 amide bonds. The molecular weight excluding hydrogens is 360 g/mol. The van der Waals surface area contributed by atoms with E-state index in [4.69, 9.17) is 11.6 Å². The van der Waals surface area contributed by atoms with Crippen LogP contribution < -0.4 is 10.6 Å². The van der Waals surface area contributed by atoms with Crippen LogP contribution in [0.4, 0.5) is 0 Å². The summed E-state index contributed by atoms with van der Waals surface area (Å²) in [5, 5.41) is 7.36. The van der Waals surface area contributed by atoms with Crippen LogP contribution in [0.15, 0.2) is 48.8 Å². The van der Waals surface area contributed by atoms with Gasteiger partial charge in [-0.3, -0.25) is 14.7 Å². The Morgan fingerprint density at radius 3 is 2.81 bits per heavy atom. The lowest BCUT2D eigenvalue weighted by Crippen LogP contribution is -2.45. The third-order valence-corrected chi connectivity index (χ3v) is 4.96. The third-order valence-electron chi connectivity index (χ3n) is 4.73. The Morgan fingerprint density at radius 2 is 2.11 bits per heavy atom. The molecule has 1 fully saturated rings. The number of likely N-dealkylation sites (tertiary alicyclic amines) is 1. The Balaban J connectivity index is 1.67. The Kier molecular flexibility index (Phi) is 6.83. The zero-order valence-corrected chi connectivity index (χ0v) is 16.6. The van der Waals surface area contributed by atoms with Crippen molar-refractivity contribution in [2.45, 2.75) is 51.5 Å². The van der Waals surface area contributed by atoms with Crippen molar-refractivity contribution in [3.8, 4) is 0 Å². The van der Waals surface area contributed by atoms with Gasteiger partial charge < -0.3 is 10.6 Å². The molecule has 1 saturated heterocycles. The van der Waals surface area contributed by atoms with E-state index in [0.717, 1.165) is 35.7 Å². The highest BCUT2D eigenvalue weighted by atomic mass is 35.5. The van der Waals surface area contributed by atoms with Gasteiger partial charge in [-0.1, -0.05) is 29.8 Å². The molecule has 0 aliphatic carbocycles. The van der Waals surface area contributed by atoms with E-state index in [1.165, 1.54) is 0 Å². The summed E-state index contributed by atoms with van der Waals surface area (Å²) in [7, 11) is 0. The molecule has 2 atom stereocenters. The average molecular weight is 387 g/mol. The van der Waals surface area contributed by atoms with Crippen LogP contribution in [0.25, 0.3) is 0 Å². The van der Waals surface area contributed by atoms with Crippen LogP contribution in [0.5, 0.6) is 0 Å². The lowest BCUT2D eigenvalue weighted by Gasteiger charge is -2.24. The number of rotatable bonds is 7. The standard InChI is InChI=1S/C21H27ClN4O/c1-15(2)25-21(27)20-10-19(24-12-17-6-4-8-23-11-17)14-26(20)13-16-5-3-7-18(22)9-16/h3-9,11,15,19-20,24H,10,12-14H2,1-2H3,(H,25,27)/t19-,20+/m1/s1. The first-order valence-electron chi connectivity index (χ1n) is 9.42. The second-order valence-electron chi connectivity index (χ2n) is 7.41. The van der Waals surface area contributed by atoms with Crippen LogP contribution in [0.2, 0.25) is 5.02 Å². The lowest BCUT2D eigenvalue weighted by atomic mass is 10.1. The largest absolute Gasteiger partial charge is 0.353 e. The van der Waals surface area contributed by atoms with E-state index in [1.54, 1.807) is 6.20 Å². The number of carbonyl (C=O) groups is 1. The van der Waals surface area contributed by atoms with Gasteiger partial charge in [0, 0.05) is 49.1 Å². The van der Waals surface area contributed by atoms with Gasteiger partial charge in [0.1, 0.15) is 0 Å². The normalized spacial score (nSPS) is 20.1. The fourth-order valence-corrected chi connectivity index (χ4v) is 3.73. The van der Waals surface area contributed by atoms with Gasteiger partial charge in [0.25, 0.3) is 0 Å². The van der Waals surface area contributed by atoms with Gasteiger partial charge in [0.15, 0.2) is 0 Å². The minimum Gasteiger partial charge on any atom is -0.353 e. The number of hydrogen-bond donors (Lipinski definition) is 2. The summed E-state index contributed by atoms with van der Waals surface area (Å²) >= 11 is 6.13. The molecule has 6 heteroatoms. The summed E-state index contributed by atoms with van der Waals surface area (Å²) in [6, 6.07) is 12.1. The fraction of sp³-hybridized carbons (Fsp3) is 0.429. The van der Waals surface area contributed by atoms with Crippen LogP contribution in [0.1, 0.15) is 31.4 Å².